The molecule has 0 amide bonds. The lowest BCUT2D eigenvalue weighted by Crippen LogP contribution is -1.52. The van der Waals surface area contributed by atoms with Crippen LogP contribution in [0.25, 0.3) is 0 Å². The molecule has 3 heteroatoms. The fraction of sp³-hybridized carbons (Fsp3) is 0.333. The summed E-state index contributed by atoms with van der Waals surface area (Å²) in [6.07, 6.45) is 1.72. The van der Waals surface area contributed by atoms with E-state index in [1.165, 1.54) is 11.4 Å². The minimum absolute atomic E-state index is 0.141. The topological polar surface area (TPSA) is 17.1 Å². The lowest BCUT2D eigenvalue weighted by atomic mass is 10.8. The van der Waals surface area contributed by atoms with Gasteiger partial charge in [-0.1, -0.05) is 17.5 Å². The quantitative estimate of drug-likeness (QED) is 0.322. The first-order valence-electron chi connectivity index (χ1n) is 1.47. The van der Waals surface area contributed by atoms with Crippen molar-refractivity contribution in [3.8, 4) is 0 Å². The molecule has 0 radical (unpaired) electrons. The molecule has 0 aromatic rings. The van der Waals surface area contributed by atoms with Gasteiger partial charge in [-0.15, -0.1) is 6.58 Å². The van der Waals surface area contributed by atoms with E-state index in [9.17, 15) is 4.57 Å². The monoisotopic (exact) mass is 120 g/mol. The van der Waals surface area contributed by atoms with Gasteiger partial charge in [0.15, 0.2) is 0 Å². The van der Waals surface area contributed by atoms with Crippen LogP contribution >= 0.6 is 19.0 Å². The van der Waals surface area contributed by atoms with Gasteiger partial charge in [-0.2, -0.15) is 0 Å². The smallest absolute Gasteiger partial charge is 0.227 e. The molecule has 0 aromatic carbocycles. The van der Waals surface area contributed by atoms with E-state index >= 15 is 0 Å². The van der Waals surface area contributed by atoms with Crippen LogP contribution in [0.2, 0.25) is 0 Å². The van der Waals surface area contributed by atoms with Gasteiger partial charge in [0.2, 0.25) is 7.66 Å². The molecular formula is C3H5OPS. The van der Waals surface area contributed by atoms with Crippen molar-refractivity contribution in [1.29, 1.82) is 0 Å². The molecule has 34 valence electrons. The van der Waals surface area contributed by atoms with Gasteiger partial charge in [-0.3, -0.25) is 4.57 Å². The van der Waals surface area contributed by atoms with Gasteiger partial charge in [0.25, 0.3) is 0 Å². The summed E-state index contributed by atoms with van der Waals surface area (Å²) in [4.78, 5) is 0. The Kier molecular flexibility index (Phi) is 5.35. The maximum atomic E-state index is 9.58. The molecule has 0 heterocycles. The second kappa shape index (κ2) is 5.19. The highest BCUT2D eigenvalue weighted by atomic mass is 32.7. The number of hydrogen-bond acceptors (Lipinski definition) is 2. The highest BCUT2D eigenvalue weighted by Gasteiger charge is 1.72. The summed E-state index contributed by atoms with van der Waals surface area (Å²) >= 11 is 1.31. The van der Waals surface area contributed by atoms with Crippen LogP contribution in [0.15, 0.2) is 12.7 Å². The Labute approximate surface area is 42.8 Å². The molecule has 0 spiro atoms. The highest BCUT2D eigenvalue weighted by molar-refractivity contribution is 8.45. The normalized spacial score (nSPS) is 8.67. The van der Waals surface area contributed by atoms with Crippen molar-refractivity contribution in [3.63, 3.8) is 0 Å². The first kappa shape index (κ1) is 6.19. The standard InChI is InChI=1S/C3H5OPS/c1-2-3-6-5-4/h2H,1,3H2. The second-order valence-corrected chi connectivity index (χ2v) is 2.62. The van der Waals surface area contributed by atoms with E-state index in [1.54, 1.807) is 6.08 Å². The van der Waals surface area contributed by atoms with Gasteiger partial charge < -0.3 is 0 Å². The lowest BCUT2D eigenvalue weighted by molar-refractivity contribution is 0.605. The molecule has 1 nitrogen and oxygen atoms in total. The Hall–Kier alpha value is 0.190. The Morgan fingerprint density at radius 1 is 2.00 bits per heavy atom. The van der Waals surface area contributed by atoms with Crippen molar-refractivity contribution in [1.82, 2.24) is 0 Å². The number of hydrogen-bond donors (Lipinski definition) is 0. The molecule has 0 aliphatic rings. The molecule has 0 rings (SSSR count). The Balaban J connectivity index is 2.66. The first-order valence-corrected chi connectivity index (χ1v) is 3.87. The summed E-state index contributed by atoms with van der Waals surface area (Å²) in [6.45, 7) is 3.43. The van der Waals surface area contributed by atoms with E-state index in [-0.39, 0.29) is 7.66 Å². The molecule has 0 aliphatic heterocycles. The molecule has 0 atom stereocenters. The van der Waals surface area contributed by atoms with Crippen LogP contribution in [0.3, 0.4) is 0 Å². The zero-order chi connectivity index (χ0) is 4.83. The predicted octanol–water partition coefficient (Wildman–Crippen LogP) is 2.11. The van der Waals surface area contributed by atoms with E-state index in [1.807, 2.05) is 0 Å². The summed E-state index contributed by atoms with van der Waals surface area (Å²) in [5.41, 5.74) is 0. The summed E-state index contributed by atoms with van der Waals surface area (Å²) in [7, 11) is 0.141. The van der Waals surface area contributed by atoms with Crippen molar-refractivity contribution in [3.05, 3.63) is 12.7 Å². The zero-order valence-corrected chi connectivity index (χ0v) is 4.97. The van der Waals surface area contributed by atoms with Crippen LogP contribution in [0.1, 0.15) is 0 Å². The van der Waals surface area contributed by atoms with Gasteiger partial charge in [0.05, 0.1) is 0 Å². The van der Waals surface area contributed by atoms with Crippen molar-refractivity contribution < 1.29 is 4.57 Å². The second-order valence-electron chi connectivity index (χ2n) is 0.659. The van der Waals surface area contributed by atoms with E-state index in [0.717, 1.165) is 5.75 Å². The summed E-state index contributed by atoms with van der Waals surface area (Å²) < 4.78 is 9.58. The Bertz CT molecular complexity index is 46.8. The molecular weight excluding hydrogens is 115 g/mol. The molecule has 0 bridgehead atoms. The van der Waals surface area contributed by atoms with Crippen LogP contribution in [0.4, 0.5) is 0 Å². The Morgan fingerprint density at radius 3 is 2.83 bits per heavy atom. The van der Waals surface area contributed by atoms with Crippen molar-refractivity contribution in [2.45, 2.75) is 0 Å². The maximum Gasteiger partial charge on any atom is 0.227 e. The fourth-order valence-electron chi connectivity index (χ4n) is 0.0831. The molecule has 0 fully saturated rings. The van der Waals surface area contributed by atoms with Crippen molar-refractivity contribution in [2.24, 2.45) is 0 Å². The van der Waals surface area contributed by atoms with Crippen molar-refractivity contribution in [2.75, 3.05) is 5.75 Å². The van der Waals surface area contributed by atoms with Crippen molar-refractivity contribution >= 4 is 19.0 Å². The maximum absolute atomic E-state index is 9.58. The summed E-state index contributed by atoms with van der Waals surface area (Å²) in [5.74, 6) is 0.769. The van der Waals surface area contributed by atoms with E-state index in [2.05, 4.69) is 6.58 Å². The fourth-order valence-corrected chi connectivity index (χ4v) is 0.748. The van der Waals surface area contributed by atoms with Crippen LogP contribution < -0.4 is 0 Å². The molecule has 0 unspecified atom stereocenters. The SMILES string of the molecule is C=CCSP=O. The van der Waals surface area contributed by atoms with Gasteiger partial charge >= 0.3 is 0 Å². The minimum atomic E-state index is 0.141. The molecule has 0 N–H and O–H groups in total. The largest absolute Gasteiger partial charge is 0.262 e. The van der Waals surface area contributed by atoms with E-state index in [0.29, 0.717) is 0 Å². The zero-order valence-electron chi connectivity index (χ0n) is 3.26. The average molecular weight is 120 g/mol. The van der Waals surface area contributed by atoms with Gasteiger partial charge in [-0.25, -0.2) is 0 Å². The van der Waals surface area contributed by atoms with Crippen LogP contribution in [-0.4, -0.2) is 5.75 Å². The van der Waals surface area contributed by atoms with E-state index in [4.69, 9.17) is 0 Å². The van der Waals surface area contributed by atoms with Crippen LogP contribution in [0, 0.1) is 0 Å². The summed E-state index contributed by atoms with van der Waals surface area (Å²) in [6, 6.07) is 0. The molecule has 0 aliphatic carbocycles. The summed E-state index contributed by atoms with van der Waals surface area (Å²) in [5, 5.41) is 0. The lowest BCUT2D eigenvalue weighted by Gasteiger charge is -1.71. The van der Waals surface area contributed by atoms with E-state index < -0.39 is 0 Å². The molecule has 0 saturated heterocycles. The third kappa shape index (κ3) is 4.19. The average Bonchev–Trinajstić information content (AvgIpc) is 1.61. The predicted molar refractivity (Wildman–Crippen MR) is 30.3 cm³/mol. The van der Waals surface area contributed by atoms with Crippen LogP contribution in [0.5, 0.6) is 0 Å². The molecule has 0 saturated carbocycles. The first-order chi connectivity index (χ1) is 2.91. The Morgan fingerprint density at radius 2 is 2.67 bits per heavy atom. The minimum Gasteiger partial charge on any atom is -0.262 e. The van der Waals surface area contributed by atoms with Gasteiger partial charge in [-0.05, 0) is 0 Å². The van der Waals surface area contributed by atoms with Gasteiger partial charge in [0, 0.05) is 5.75 Å². The molecule has 0 aromatic heterocycles. The van der Waals surface area contributed by atoms with Crippen LogP contribution in [-0.2, 0) is 4.57 Å². The highest BCUT2D eigenvalue weighted by Crippen LogP contribution is 2.15. The molecule has 6 heavy (non-hydrogen) atoms. The third-order valence-corrected chi connectivity index (χ3v) is 1.50. The number of rotatable bonds is 3. The van der Waals surface area contributed by atoms with Gasteiger partial charge in [0.1, 0.15) is 0 Å². The third-order valence-electron chi connectivity index (χ3n) is 0.245.